The van der Waals surface area contributed by atoms with Crippen LogP contribution in [-0.2, 0) is 9.53 Å². The molecular weight excluding hydrogens is 264 g/mol. The van der Waals surface area contributed by atoms with Gasteiger partial charge in [-0.15, -0.1) is 0 Å². The molecule has 1 aliphatic carbocycles. The van der Waals surface area contributed by atoms with Crippen molar-refractivity contribution in [2.24, 2.45) is 5.92 Å². The molecule has 1 saturated carbocycles. The molecule has 2 saturated heterocycles. The molecule has 3 fully saturated rings. The summed E-state index contributed by atoms with van der Waals surface area (Å²) >= 11 is 0. The van der Waals surface area contributed by atoms with Crippen LogP contribution in [0.4, 0.5) is 0 Å². The Balaban J connectivity index is 1.73. The largest absolute Gasteiger partial charge is 0.378 e. The normalized spacial score (nSPS) is 35.2. The van der Waals surface area contributed by atoms with E-state index >= 15 is 0 Å². The summed E-state index contributed by atoms with van der Waals surface area (Å²) in [5, 5.41) is 3.71. The second-order valence-electron chi connectivity index (χ2n) is 7.06. The summed E-state index contributed by atoms with van der Waals surface area (Å²) in [7, 11) is 0. The van der Waals surface area contributed by atoms with Gasteiger partial charge in [0.2, 0.25) is 5.91 Å². The Bertz CT molecular complexity index is 379. The second-order valence-corrected chi connectivity index (χ2v) is 7.06. The summed E-state index contributed by atoms with van der Waals surface area (Å²) in [6, 6.07) is 0. The first kappa shape index (κ1) is 15.3. The van der Waals surface area contributed by atoms with Crippen molar-refractivity contribution in [3.05, 3.63) is 0 Å². The molecule has 0 radical (unpaired) electrons. The van der Waals surface area contributed by atoms with Gasteiger partial charge in [0.25, 0.3) is 0 Å². The van der Waals surface area contributed by atoms with E-state index in [-0.39, 0.29) is 11.7 Å². The maximum absolute atomic E-state index is 13.0. The molecule has 0 aromatic heterocycles. The van der Waals surface area contributed by atoms with E-state index in [0.717, 1.165) is 51.7 Å². The lowest BCUT2D eigenvalue weighted by molar-refractivity contribution is -0.134. The lowest BCUT2D eigenvalue weighted by Gasteiger charge is -2.28. The Morgan fingerprint density at radius 3 is 2.76 bits per heavy atom. The monoisotopic (exact) mass is 294 g/mol. The number of rotatable bonds is 5. The van der Waals surface area contributed by atoms with E-state index in [1.54, 1.807) is 0 Å². The highest BCUT2D eigenvalue weighted by atomic mass is 16.5. The van der Waals surface area contributed by atoms with Crippen LogP contribution in [0.15, 0.2) is 0 Å². The van der Waals surface area contributed by atoms with E-state index in [1.807, 2.05) is 0 Å². The Morgan fingerprint density at radius 1 is 1.33 bits per heavy atom. The van der Waals surface area contributed by atoms with Gasteiger partial charge in [-0.1, -0.05) is 33.1 Å². The SMILES string of the molecule is CCCC1NC2(CCCC2)C(=O)N1CC1CCOC1CC. The summed E-state index contributed by atoms with van der Waals surface area (Å²) in [5.41, 5.74) is -0.221. The van der Waals surface area contributed by atoms with Crippen molar-refractivity contribution >= 4 is 5.91 Å². The topological polar surface area (TPSA) is 41.6 Å². The van der Waals surface area contributed by atoms with Crippen molar-refractivity contribution in [3.63, 3.8) is 0 Å². The summed E-state index contributed by atoms with van der Waals surface area (Å²) < 4.78 is 5.81. The number of amides is 1. The minimum atomic E-state index is -0.221. The van der Waals surface area contributed by atoms with Crippen molar-refractivity contribution in [1.29, 1.82) is 0 Å². The average Bonchev–Trinajstić information content (AvgIpc) is 3.17. The molecule has 1 spiro atoms. The minimum absolute atomic E-state index is 0.221. The van der Waals surface area contributed by atoms with E-state index < -0.39 is 0 Å². The maximum atomic E-state index is 13.0. The van der Waals surface area contributed by atoms with Crippen LogP contribution in [0, 0.1) is 5.92 Å². The molecule has 120 valence electrons. The number of carbonyl (C=O) groups excluding carboxylic acids is 1. The first-order valence-electron chi connectivity index (χ1n) is 8.90. The van der Waals surface area contributed by atoms with Crippen molar-refractivity contribution in [2.75, 3.05) is 13.2 Å². The zero-order chi connectivity index (χ0) is 14.9. The van der Waals surface area contributed by atoms with Gasteiger partial charge in [0.1, 0.15) is 0 Å². The fourth-order valence-electron chi connectivity index (χ4n) is 4.53. The van der Waals surface area contributed by atoms with Gasteiger partial charge in [-0.2, -0.15) is 0 Å². The standard InChI is InChI=1S/C17H30N2O2/c1-3-7-15-18-17(9-5-6-10-17)16(20)19(15)12-13-8-11-21-14(13)4-2/h13-15,18H,3-12H2,1-2H3. The molecule has 1 amide bonds. The molecule has 3 aliphatic rings. The molecule has 0 aromatic rings. The van der Waals surface area contributed by atoms with Gasteiger partial charge in [0.15, 0.2) is 0 Å². The molecule has 3 rings (SSSR count). The van der Waals surface area contributed by atoms with Gasteiger partial charge < -0.3 is 9.64 Å². The third-order valence-electron chi connectivity index (χ3n) is 5.69. The molecule has 21 heavy (non-hydrogen) atoms. The molecule has 4 nitrogen and oxygen atoms in total. The summed E-state index contributed by atoms with van der Waals surface area (Å²) in [5.74, 6) is 0.900. The maximum Gasteiger partial charge on any atom is 0.244 e. The lowest BCUT2D eigenvalue weighted by Crippen LogP contribution is -2.44. The molecule has 1 N–H and O–H groups in total. The van der Waals surface area contributed by atoms with E-state index in [0.29, 0.717) is 17.9 Å². The fourth-order valence-corrected chi connectivity index (χ4v) is 4.53. The lowest BCUT2D eigenvalue weighted by atomic mass is 9.96. The highest BCUT2D eigenvalue weighted by molar-refractivity contribution is 5.89. The van der Waals surface area contributed by atoms with Crippen LogP contribution in [0.3, 0.4) is 0 Å². The number of nitrogens with zero attached hydrogens (tertiary/aromatic N) is 1. The smallest absolute Gasteiger partial charge is 0.244 e. The van der Waals surface area contributed by atoms with Crippen LogP contribution in [0.1, 0.15) is 65.2 Å². The Labute approximate surface area is 128 Å². The average molecular weight is 294 g/mol. The van der Waals surface area contributed by atoms with Crippen molar-refractivity contribution in [3.8, 4) is 0 Å². The zero-order valence-corrected chi connectivity index (χ0v) is 13.6. The molecular formula is C17H30N2O2. The number of nitrogens with one attached hydrogen (secondary N) is 1. The summed E-state index contributed by atoms with van der Waals surface area (Å²) in [6.07, 6.45) is 9.39. The first-order chi connectivity index (χ1) is 10.2. The highest BCUT2D eigenvalue weighted by Crippen LogP contribution is 2.38. The number of carbonyl (C=O) groups is 1. The van der Waals surface area contributed by atoms with E-state index in [4.69, 9.17) is 4.74 Å². The number of hydrogen-bond acceptors (Lipinski definition) is 3. The molecule has 3 unspecified atom stereocenters. The molecule has 0 aromatic carbocycles. The van der Waals surface area contributed by atoms with Crippen molar-refractivity contribution < 1.29 is 9.53 Å². The van der Waals surface area contributed by atoms with Gasteiger partial charge in [0, 0.05) is 19.1 Å². The van der Waals surface area contributed by atoms with E-state index in [1.165, 1.54) is 12.8 Å². The van der Waals surface area contributed by atoms with Crippen LogP contribution in [0.25, 0.3) is 0 Å². The van der Waals surface area contributed by atoms with E-state index in [2.05, 4.69) is 24.1 Å². The van der Waals surface area contributed by atoms with Gasteiger partial charge >= 0.3 is 0 Å². The predicted octanol–water partition coefficient (Wildman–Crippen LogP) is 2.67. The van der Waals surface area contributed by atoms with Gasteiger partial charge in [-0.05, 0) is 32.1 Å². The quantitative estimate of drug-likeness (QED) is 0.847. The molecule has 2 aliphatic heterocycles. The molecule has 3 atom stereocenters. The van der Waals surface area contributed by atoms with Crippen molar-refractivity contribution in [1.82, 2.24) is 10.2 Å². The third kappa shape index (κ3) is 2.72. The van der Waals surface area contributed by atoms with E-state index in [9.17, 15) is 4.79 Å². The van der Waals surface area contributed by atoms with Gasteiger partial charge in [-0.3, -0.25) is 10.1 Å². The Morgan fingerprint density at radius 2 is 2.10 bits per heavy atom. The fraction of sp³-hybridized carbons (Fsp3) is 0.941. The van der Waals surface area contributed by atoms with Gasteiger partial charge in [0.05, 0.1) is 17.8 Å². The van der Waals surface area contributed by atoms with Crippen molar-refractivity contribution in [2.45, 2.75) is 83.0 Å². The summed E-state index contributed by atoms with van der Waals surface area (Å²) in [6.45, 7) is 6.14. The van der Waals surface area contributed by atoms with Gasteiger partial charge in [-0.25, -0.2) is 0 Å². The Hall–Kier alpha value is -0.610. The Kier molecular flexibility index (Phi) is 4.55. The summed E-state index contributed by atoms with van der Waals surface area (Å²) in [4.78, 5) is 15.2. The highest BCUT2D eigenvalue weighted by Gasteiger charge is 2.52. The first-order valence-corrected chi connectivity index (χ1v) is 8.90. The second kappa shape index (κ2) is 6.25. The molecule has 2 heterocycles. The minimum Gasteiger partial charge on any atom is -0.378 e. The van der Waals surface area contributed by atoms with Crippen LogP contribution < -0.4 is 5.32 Å². The van der Waals surface area contributed by atoms with Crippen LogP contribution >= 0.6 is 0 Å². The van der Waals surface area contributed by atoms with Crippen LogP contribution in [-0.4, -0.2) is 41.8 Å². The van der Waals surface area contributed by atoms with Crippen LogP contribution in [0.2, 0.25) is 0 Å². The predicted molar refractivity (Wildman–Crippen MR) is 82.9 cm³/mol. The zero-order valence-electron chi connectivity index (χ0n) is 13.6. The third-order valence-corrected chi connectivity index (χ3v) is 5.69. The molecule has 4 heteroatoms. The molecule has 0 bridgehead atoms. The van der Waals surface area contributed by atoms with Crippen LogP contribution in [0.5, 0.6) is 0 Å². The number of hydrogen-bond donors (Lipinski definition) is 1. The number of ether oxygens (including phenoxy) is 1.